The van der Waals surface area contributed by atoms with Crippen molar-refractivity contribution in [3.8, 4) is 0 Å². The van der Waals surface area contributed by atoms with Crippen molar-refractivity contribution >= 4 is 29.1 Å². The van der Waals surface area contributed by atoms with Crippen LogP contribution in [0.2, 0.25) is 10.0 Å². The van der Waals surface area contributed by atoms with Crippen LogP contribution < -0.4 is 0 Å². The molecule has 2 bridgehead atoms. The molecule has 0 aromatic heterocycles. The van der Waals surface area contributed by atoms with Gasteiger partial charge in [0, 0.05) is 26.2 Å². The number of halogens is 2. The maximum atomic E-state index is 13.2. The molecule has 6 nitrogen and oxygen atoms in total. The highest BCUT2D eigenvalue weighted by Gasteiger charge is 2.55. The van der Waals surface area contributed by atoms with Crippen molar-refractivity contribution in [1.29, 1.82) is 0 Å². The van der Waals surface area contributed by atoms with E-state index in [9.17, 15) is 4.79 Å². The SMILES string of the molecule is COCO[C@@H]1C[C@H]2C[C@H](c3ccc(Cl)c(Cl)c3)[C@H](C(=O)N(C)OC)[C@@H]1N2C. The van der Waals surface area contributed by atoms with Crippen LogP contribution in [0, 0.1) is 5.92 Å². The third-order valence-corrected chi connectivity index (χ3v) is 6.64. The van der Waals surface area contributed by atoms with Crippen LogP contribution in [0.15, 0.2) is 18.2 Å². The molecule has 3 rings (SSSR count). The van der Waals surface area contributed by atoms with Crippen molar-refractivity contribution in [2.45, 2.75) is 36.9 Å². The van der Waals surface area contributed by atoms with Crippen molar-refractivity contribution in [2.24, 2.45) is 5.92 Å². The summed E-state index contributed by atoms with van der Waals surface area (Å²) < 4.78 is 11.0. The Labute approximate surface area is 170 Å². The van der Waals surface area contributed by atoms with E-state index in [-0.39, 0.29) is 36.7 Å². The quantitative estimate of drug-likeness (QED) is 0.526. The highest BCUT2D eigenvalue weighted by molar-refractivity contribution is 6.42. The average molecular weight is 417 g/mol. The molecule has 2 aliphatic heterocycles. The Morgan fingerprint density at radius 2 is 2.00 bits per heavy atom. The Balaban J connectivity index is 1.99. The third kappa shape index (κ3) is 3.97. The monoisotopic (exact) mass is 416 g/mol. The molecular weight excluding hydrogens is 391 g/mol. The number of piperidine rings is 1. The van der Waals surface area contributed by atoms with Crippen molar-refractivity contribution in [2.75, 3.05) is 35.1 Å². The largest absolute Gasteiger partial charge is 0.359 e. The Hall–Kier alpha value is -0.890. The second kappa shape index (κ2) is 8.64. The van der Waals surface area contributed by atoms with Crippen LogP contribution in [0.5, 0.6) is 0 Å². The van der Waals surface area contributed by atoms with Gasteiger partial charge in [-0.3, -0.25) is 14.5 Å². The summed E-state index contributed by atoms with van der Waals surface area (Å²) >= 11 is 12.4. The fraction of sp³-hybridized carbons (Fsp3) is 0.632. The number of ether oxygens (including phenoxy) is 2. The number of rotatable bonds is 6. The van der Waals surface area contributed by atoms with Gasteiger partial charge in [-0.05, 0) is 43.5 Å². The fourth-order valence-corrected chi connectivity index (χ4v) is 4.84. The smallest absolute Gasteiger partial charge is 0.251 e. The zero-order valence-corrected chi connectivity index (χ0v) is 17.5. The maximum Gasteiger partial charge on any atom is 0.251 e. The van der Waals surface area contributed by atoms with Crippen LogP contribution in [-0.2, 0) is 19.1 Å². The van der Waals surface area contributed by atoms with E-state index in [4.69, 9.17) is 37.5 Å². The van der Waals surface area contributed by atoms with E-state index in [2.05, 4.69) is 11.9 Å². The van der Waals surface area contributed by atoms with Crippen LogP contribution in [0.3, 0.4) is 0 Å². The van der Waals surface area contributed by atoms with Gasteiger partial charge in [0.1, 0.15) is 6.79 Å². The summed E-state index contributed by atoms with van der Waals surface area (Å²) in [7, 11) is 6.80. The second-order valence-corrected chi connectivity index (χ2v) is 8.03. The lowest BCUT2D eigenvalue weighted by atomic mass is 9.75. The first-order valence-electron chi connectivity index (χ1n) is 8.98. The van der Waals surface area contributed by atoms with Crippen molar-refractivity contribution in [3.05, 3.63) is 33.8 Å². The number of benzene rings is 1. The minimum absolute atomic E-state index is 0.00668. The predicted octanol–water partition coefficient (Wildman–Crippen LogP) is 3.18. The molecule has 8 heteroatoms. The molecular formula is C19H26Cl2N2O4. The Morgan fingerprint density at radius 3 is 2.63 bits per heavy atom. The first-order chi connectivity index (χ1) is 12.9. The molecule has 1 aromatic carbocycles. The molecule has 2 aliphatic rings. The maximum absolute atomic E-state index is 13.2. The van der Waals surface area contributed by atoms with E-state index in [0.717, 1.165) is 18.4 Å². The highest BCUT2D eigenvalue weighted by atomic mass is 35.5. The molecule has 1 amide bonds. The normalized spacial score (nSPS) is 30.5. The summed E-state index contributed by atoms with van der Waals surface area (Å²) in [5, 5.41) is 2.31. The summed E-state index contributed by atoms with van der Waals surface area (Å²) in [6.07, 6.45) is 1.63. The Bertz CT molecular complexity index is 690. The van der Waals surface area contributed by atoms with E-state index in [1.54, 1.807) is 20.2 Å². The van der Waals surface area contributed by atoms with E-state index < -0.39 is 0 Å². The Kier molecular flexibility index (Phi) is 6.66. The highest BCUT2D eigenvalue weighted by Crippen LogP contribution is 2.48. The van der Waals surface area contributed by atoms with Crippen molar-refractivity contribution < 1.29 is 19.1 Å². The number of carbonyl (C=O) groups excluding carboxylic acids is 1. The number of amides is 1. The van der Waals surface area contributed by atoms with Crippen LogP contribution in [0.25, 0.3) is 0 Å². The summed E-state index contributed by atoms with van der Waals surface area (Å²) in [5.74, 6) is -0.387. The number of nitrogens with zero attached hydrogens (tertiary/aromatic N) is 2. The zero-order valence-electron chi connectivity index (χ0n) is 16.0. The first-order valence-corrected chi connectivity index (χ1v) is 9.73. The van der Waals surface area contributed by atoms with Gasteiger partial charge in [-0.25, -0.2) is 5.06 Å². The lowest BCUT2D eigenvalue weighted by molar-refractivity contribution is -0.180. The van der Waals surface area contributed by atoms with Gasteiger partial charge in [0.25, 0.3) is 5.91 Å². The van der Waals surface area contributed by atoms with Crippen LogP contribution in [-0.4, -0.2) is 69.2 Å². The lowest BCUT2D eigenvalue weighted by Crippen LogP contribution is -2.54. The molecule has 2 saturated heterocycles. The van der Waals surface area contributed by atoms with E-state index >= 15 is 0 Å². The number of hydrogen-bond acceptors (Lipinski definition) is 5. The molecule has 5 atom stereocenters. The van der Waals surface area contributed by atoms with Crippen LogP contribution in [0.4, 0.5) is 0 Å². The Morgan fingerprint density at radius 1 is 1.26 bits per heavy atom. The minimum Gasteiger partial charge on any atom is -0.359 e. The zero-order chi connectivity index (χ0) is 19.7. The minimum atomic E-state index is -0.321. The molecule has 0 N–H and O–H groups in total. The summed E-state index contributed by atoms with van der Waals surface area (Å²) in [6.45, 7) is 0.209. The van der Waals surface area contributed by atoms with Gasteiger partial charge in [-0.2, -0.15) is 0 Å². The van der Waals surface area contributed by atoms with Gasteiger partial charge < -0.3 is 9.47 Å². The number of methoxy groups -OCH3 is 1. The summed E-state index contributed by atoms with van der Waals surface area (Å²) in [4.78, 5) is 20.7. The first kappa shape index (κ1) is 20.8. The number of fused-ring (bicyclic) bond motifs is 2. The second-order valence-electron chi connectivity index (χ2n) is 7.22. The van der Waals surface area contributed by atoms with Crippen LogP contribution >= 0.6 is 23.2 Å². The molecule has 0 aliphatic carbocycles. The van der Waals surface area contributed by atoms with Crippen molar-refractivity contribution in [3.63, 3.8) is 0 Å². The molecule has 1 aromatic rings. The van der Waals surface area contributed by atoms with Crippen molar-refractivity contribution in [1.82, 2.24) is 9.96 Å². The molecule has 2 heterocycles. The number of hydroxylamine groups is 2. The predicted molar refractivity (Wildman–Crippen MR) is 104 cm³/mol. The topological polar surface area (TPSA) is 51.2 Å². The fourth-order valence-electron chi connectivity index (χ4n) is 4.53. The van der Waals surface area contributed by atoms with Gasteiger partial charge in [0.15, 0.2) is 0 Å². The number of hydrogen-bond donors (Lipinski definition) is 0. The summed E-state index contributed by atoms with van der Waals surface area (Å²) in [5.41, 5.74) is 1.02. The van der Waals surface area contributed by atoms with Gasteiger partial charge in [-0.15, -0.1) is 0 Å². The van der Waals surface area contributed by atoms with E-state index in [0.29, 0.717) is 16.1 Å². The molecule has 0 radical (unpaired) electrons. The summed E-state index contributed by atoms with van der Waals surface area (Å²) in [6, 6.07) is 5.88. The van der Waals surface area contributed by atoms with Gasteiger partial charge in [-0.1, -0.05) is 29.3 Å². The molecule has 0 saturated carbocycles. The number of likely N-dealkylation sites (N-methyl/N-ethyl adjacent to an activating group) is 1. The molecule has 0 spiro atoms. The van der Waals surface area contributed by atoms with E-state index in [1.807, 2.05) is 12.1 Å². The van der Waals surface area contributed by atoms with Gasteiger partial charge in [0.05, 0.1) is 29.2 Å². The standard InChI is InChI=1S/C19H26Cl2N2O4/c1-22-12-8-13(11-5-6-14(20)15(21)7-11)17(19(24)23(2)26-4)18(22)16(9-12)27-10-25-3/h5-7,12-13,16-18H,8-10H2,1-4H3/t12-,13-,16-,17+,18-/m1/s1. The van der Waals surface area contributed by atoms with Gasteiger partial charge >= 0.3 is 0 Å². The molecule has 150 valence electrons. The van der Waals surface area contributed by atoms with Gasteiger partial charge in [0.2, 0.25) is 0 Å². The van der Waals surface area contributed by atoms with Crippen LogP contribution in [0.1, 0.15) is 24.3 Å². The van der Waals surface area contributed by atoms with E-state index in [1.165, 1.54) is 12.2 Å². The molecule has 0 unspecified atom stereocenters. The lowest BCUT2D eigenvalue weighted by Gasteiger charge is -2.44. The average Bonchev–Trinajstić information content (AvgIpc) is 2.86. The molecule has 27 heavy (non-hydrogen) atoms. The molecule has 2 fully saturated rings. The third-order valence-electron chi connectivity index (χ3n) is 5.90. The number of carbonyl (C=O) groups is 1.